The Kier molecular flexibility index (Phi) is 4.19. The van der Waals surface area contributed by atoms with Crippen molar-refractivity contribution in [3.63, 3.8) is 0 Å². The highest BCUT2D eigenvalue weighted by molar-refractivity contribution is 4.84. The zero-order valence-electron chi connectivity index (χ0n) is 10.3. The van der Waals surface area contributed by atoms with Gasteiger partial charge in [-0.05, 0) is 39.4 Å². The van der Waals surface area contributed by atoms with Crippen LogP contribution in [0.15, 0.2) is 0 Å². The lowest BCUT2D eigenvalue weighted by Gasteiger charge is -2.24. The first-order valence-corrected chi connectivity index (χ1v) is 6.44. The van der Waals surface area contributed by atoms with Gasteiger partial charge in [-0.3, -0.25) is 0 Å². The summed E-state index contributed by atoms with van der Waals surface area (Å²) < 4.78 is 11.9. The maximum absolute atomic E-state index is 6.07. The van der Waals surface area contributed by atoms with Crippen LogP contribution >= 0.6 is 0 Å². The van der Waals surface area contributed by atoms with Crippen molar-refractivity contribution in [2.45, 2.75) is 44.0 Å². The van der Waals surface area contributed by atoms with E-state index in [1.54, 1.807) is 0 Å². The molecule has 94 valence electrons. The summed E-state index contributed by atoms with van der Waals surface area (Å²) in [7, 11) is 2.12. The molecule has 1 atom stereocenters. The second kappa shape index (κ2) is 5.45. The molecule has 0 radical (unpaired) electrons. The smallest absolute Gasteiger partial charge is 0.168 e. The molecule has 1 saturated heterocycles. The van der Waals surface area contributed by atoms with E-state index in [-0.39, 0.29) is 11.9 Å². The predicted molar refractivity (Wildman–Crippen MR) is 63.2 cm³/mol. The molecule has 0 bridgehead atoms. The fourth-order valence-electron chi connectivity index (χ4n) is 2.68. The summed E-state index contributed by atoms with van der Waals surface area (Å²) in [6.07, 6.45) is 5.95. The van der Waals surface area contributed by atoms with Gasteiger partial charge in [-0.25, -0.2) is 0 Å². The molecule has 1 aliphatic carbocycles. The van der Waals surface area contributed by atoms with Crippen molar-refractivity contribution in [1.29, 1.82) is 0 Å². The monoisotopic (exact) mass is 228 g/mol. The molecule has 1 spiro atoms. The molecule has 16 heavy (non-hydrogen) atoms. The molecule has 0 amide bonds. The van der Waals surface area contributed by atoms with Gasteiger partial charge in [-0.2, -0.15) is 0 Å². The molecular formula is C12H24N2O2. The summed E-state index contributed by atoms with van der Waals surface area (Å²) in [5, 5.41) is 0. The highest BCUT2D eigenvalue weighted by Crippen LogP contribution is 2.39. The minimum atomic E-state index is -0.209. The van der Waals surface area contributed by atoms with Gasteiger partial charge in [0, 0.05) is 19.4 Å². The molecule has 1 saturated carbocycles. The summed E-state index contributed by atoms with van der Waals surface area (Å²) in [5.74, 6) is -0.209. The lowest BCUT2D eigenvalue weighted by Crippen LogP contribution is -2.34. The second-order valence-electron chi connectivity index (χ2n) is 5.07. The van der Waals surface area contributed by atoms with Gasteiger partial charge in [0.25, 0.3) is 0 Å². The fraction of sp³-hybridized carbons (Fsp3) is 1.00. The van der Waals surface area contributed by atoms with E-state index in [9.17, 15) is 0 Å². The van der Waals surface area contributed by atoms with Crippen LogP contribution in [0.1, 0.15) is 32.1 Å². The minimum absolute atomic E-state index is 0.209. The van der Waals surface area contributed by atoms with Crippen molar-refractivity contribution in [2.75, 3.05) is 33.3 Å². The second-order valence-corrected chi connectivity index (χ2v) is 5.07. The Hall–Kier alpha value is -0.160. The average Bonchev–Trinajstić information content (AvgIpc) is 2.87. The molecule has 0 aromatic carbocycles. The van der Waals surface area contributed by atoms with E-state index < -0.39 is 0 Å². The summed E-state index contributed by atoms with van der Waals surface area (Å²) in [6, 6.07) is 0. The maximum Gasteiger partial charge on any atom is 0.168 e. The predicted octanol–water partition coefficient (Wildman–Crippen LogP) is 0.953. The molecule has 2 aliphatic rings. The number of nitrogens with zero attached hydrogens (tertiary/aromatic N) is 1. The molecule has 1 heterocycles. The van der Waals surface area contributed by atoms with Crippen molar-refractivity contribution >= 4 is 0 Å². The molecule has 4 heteroatoms. The summed E-state index contributed by atoms with van der Waals surface area (Å²) in [5.41, 5.74) is 5.50. The van der Waals surface area contributed by atoms with Crippen LogP contribution in [0.3, 0.4) is 0 Å². The van der Waals surface area contributed by atoms with Crippen LogP contribution in [0.5, 0.6) is 0 Å². The van der Waals surface area contributed by atoms with Crippen LogP contribution in [0.2, 0.25) is 0 Å². The van der Waals surface area contributed by atoms with Crippen LogP contribution in [-0.4, -0.2) is 50.1 Å². The third kappa shape index (κ3) is 2.94. The topological polar surface area (TPSA) is 47.7 Å². The lowest BCUT2D eigenvalue weighted by atomic mass is 10.2. The Morgan fingerprint density at radius 1 is 1.38 bits per heavy atom. The van der Waals surface area contributed by atoms with E-state index >= 15 is 0 Å². The van der Waals surface area contributed by atoms with Gasteiger partial charge >= 0.3 is 0 Å². The van der Waals surface area contributed by atoms with Gasteiger partial charge in [0.1, 0.15) is 0 Å². The van der Waals surface area contributed by atoms with E-state index in [4.69, 9.17) is 15.2 Å². The van der Waals surface area contributed by atoms with Crippen molar-refractivity contribution in [3.8, 4) is 0 Å². The highest BCUT2D eigenvalue weighted by atomic mass is 16.7. The number of nitrogens with two attached hydrogens (primary N) is 1. The lowest BCUT2D eigenvalue weighted by molar-refractivity contribution is -0.163. The molecular weight excluding hydrogens is 204 g/mol. The normalized spacial score (nSPS) is 28.3. The van der Waals surface area contributed by atoms with Crippen LogP contribution in [0, 0.1) is 0 Å². The number of rotatable bonds is 5. The molecule has 4 nitrogen and oxygen atoms in total. The van der Waals surface area contributed by atoms with Gasteiger partial charge in [0.05, 0.1) is 12.7 Å². The molecule has 1 unspecified atom stereocenters. The third-order valence-electron chi connectivity index (χ3n) is 3.54. The van der Waals surface area contributed by atoms with Crippen LogP contribution in [-0.2, 0) is 9.47 Å². The molecule has 2 fully saturated rings. The number of hydrogen-bond acceptors (Lipinski definition) is 4. The molecule has 2 rings (SSSR count). The van der Waals surface area contributed by atoms with Crippen LogP contribution in [0.4, 0.5) is 0 Å². The molecule has 1 aliphatic heterocycles. The quantitative estimate of drug-likeness (QED) is 0.761. The van der Waals surface area contributed by atoms with Crippen molar-refractivity contribution < 1.29 is 9.47 Å². The van der Waals surface area contributed by atoms with Gasteiger partial charge in [0.2, 0.25) is 0 Å². The standard InChI is InChI=1S/C12H24N2O2/c1-14(8-4-7-13)9-11-10-15-12(16-11)5-2-3-6-12/h11H,2-10,13H2,1H3. The Morgan fingerprint density at radius 2 is 2.12 bits per heavy atom. The average molecular weight is 228 g/mol. The van der Waals surface area contributed by atoms with Crippen LogP contribution in [0.25, 0.3) is 0 Å². The largest absolute Gasteiger partial charge is 0.347 e. The van der Waals surface area contributed by atoms with Crippen molar-refractivity contribution in [3.05, 3.63) is 0 Å². The third-order valence-corrected chi connectivity index (χ3v) is 3.54. The minimum Gasteiger partial charge on any atom is -0.347 e. The molecule has 2 N–H and O–H groups in total. The Labute approximate surface area is 98.1 Å². The number of hydrogen-bond donors (Lipinski definition) is 1. The van der Waals surface area contributed by atoms with Gasteiger partial charge in [-0.1, -0.05) is 0 Å². The van der Waals surface area contributed by atoms with Crippen LogP contribution < -0.4 is 5.73 Å². The van der Waals surface area contributed by atoms with E-state index in [0.717, 1.165) is 45.5 Å². The van der Waals surface area contributed by atoms with Crippen molar-refractivity contribution in [2.24, 2.45) is 5.73 Å². The van der Waals surface area contributed by atoms with E-state index in [2.05, 4.69) is 11.9 Å². The van der Waals surface area contributed by atoms with Crippen molar-refractivity contribution in [1.82, 2.24) is 4.90 Å². The Bertz CT molecular complexity index is 217. The Balaban J connectivity index is 1.72. The SMILES string of the molecule is CN(CCCN)CC1COC2(CCCC2)O1. The summed E-state index contributed by atoms with van der Waals surface area (Å²) in [6.45, 7) is 3.52. The molecule has 0 aromatic heterocycles. The number of likely N-dealkylation sites (N-methyl/N-ethyl adjacent to an activating group) is 1. The first-order chi connectivity index (χ1) is 7.74. The van der Waals surface area contributed by atoms with E-state index in [0.29, 0.717) is 0 Å². The first kappa shape index (κ1) is 12.3. The maximum atomic E-state index is 6.07. The zero-order valence-corrected chi connectivity index (χ0v) is 10.3. The van der Waals surface area contributed by atoms with Gasteiger partial charge in [-0.15, -0.1) is 0 Å². The number of ether oxygens (including phenoxy) is 2. The Morgan fingerprint density at radius 3 is 2.81 bits per heavy atom. The molecule has 0 aromatic rings. The summed E-state index contributed by atoms with van der Waals surface area (Å²) >= 11 is 0. The van der Waals surface area contributed by atoms with E-state index in [1.165, 1.54) is 12.8 Å². The van der Waals surface area contributed by atoms with Gasteiger partial charge in [0.15, 0.2) is 5.79 Å². The van der Waals surface area contributed by atoms with E-state index in [1.807, 2.05) is 0 Å². The first-order valence-electron chi connectivity index (χ1n) is 6.44. The highest BCUT2D eigenvalue weighted by Gasteiger charge is 2.43. The summed E-state index contributed by atoms with van der Waals surface area (Å²) in [4.78, 5) is 2.29. The fourth-order valence-corrected chi connectivity index (χ4v) is 2.68. The van der Waals surface area contributed by atoms with Gasteiger partial charge < -0.3 is 20.1 Å². The zero-order chi connectivity index (χ0) is 11.4.